The normalized spacial score (nSPS) is 21.6. The van der Waals surface area contributed by atoms with Crippen LogP contribution in [0.25, 0.3) is 0 Å². The average molecular weight is 478 g/mol. The molecule has 1 N–H and O–H groups in total. The summed E-state index contributed by atoms with van der Waals surface area (Å²) in [4.78, 5) is 43.1. The second-order valence-corrected chi connectivity index (χ2v) is 9.57. The Morgan fingerprint density at radius 1 is 1.06 bits per heavy atom. The van der Waals surface area contributed by atoms with Crippen molar-refractivity contribution in [3.63, 3.8) is 0 Å². The molecule has 0 bridgehead atoms. The number of hydrogen-bond donors (Lipinski definition) is 1. The van der Waals surface area contributed by atoms with Gasteiger partial charge in [-0.25, -0.2) is 9.69 Å². The van der Waals surface area contributed by atoms with Gasteiger partial charge >= 0.3 is 6.03 Å². The van der Waals surface area contributed by atoms with Gasteiger partial charge < -0.3 is 19.7 Å². The van der Waals surface area contributed by atoms with Gasteiger partial charge in [0.05, 0.1) is 20.3 Å². The van der Waals surface area contributed by atoms with Crippen molar-refractivity contribution in [2.45, 2.75) is 56.7 Å². The number of hydrogen-bond acceptors (Lipinski definition) is 5. The summed E-state index contributed by atoms with van der Waals surface area (Å²) >= 11 is 0. The highest BCUT2D eigenvalue weighted by Crippen LogP contribution is 2.42. The van der Waals surface area contributed by atoms with Crippen LogP contribution >= 0.6 is 0 Å². The molecule has 2 aromatic carbocycles. The zero-order valence-electron chi connectivity index (χ0n) is 20.4. The Bertz CT molecular complexity index is 1160. The van der Waals surface area contributed by atoms with Gasteiger partial charge in [0.1, 0.15) is 11.6 Å². The van der Waals surface area contributed by atoms with Gasteiger partial charge in [-0.15, -0.1) is 0 Å². The number of urea groups is 1. The molecule has 3 aliphatic rings. The van der Waals surface area contributed by atoms with Crippen LogP contribution in [0.2, 0.25) is 0 Å². The molecule has 1 saturated heterocycles. The molecule has 1 saturated carbocycles. The van der Waals surface area contributed by atoms with E-state index in [2.05, 4.69) is 5.32 Å². The summed E-state index contributed by atoms with van der Waals surface area (Å²) in [5.41, 5.74) is 2.13. The average Bonchev–Trinajstić information content (AvgIpc) is 3.45. The fourth-order valence-electron chi connectivity index (χ4n) is 5.84. The van der Waals surface area contributed by atoms with Crippen LogP contribution in [0.15, 0.2) is 42.5 Å². The molecule has 8 heteroatoms. The molecular weight excluding hydrogens is 446 g/mol. The molecule has 2 heterocycles. The predicted molar refractivity (Wildman–Crippen MR) is 129 cm³/mol. The van der Waals surface area contributed by atoms with E-state index in [0.717, 1.165) is 34.4 Å². The summed E-state index contributed by atoms with van der Waals surface area (Å²) < 4.78 is 11.1. The van der Waals surface area contributed by atoms with Crippen molar-refractivity contribution < 1.29 is 23.9 Å². The molecule has 2 atom stereocenters. The molecule has 2 fully saturated rings. The van der Waals surface area contributed by atoms with Crippen molar-refractivity contribution in [1.29, 1.82) is 0 Å². The van der Waals surface area contributed by atoms with Crippen molar-refractivity contribution in [2.24, 2.45) is 0 Å². The van der Waals surface area contributed by atoms with Gasteiger partial charge in [-0.05, 0) is 55.0 Å². The van der Waals surface area contributed by atoms with Crippen LogP contribution in [0.5, 0.6) is 11.5 Å². The lowest BCUT2D eigenvalue weighted by atomic mass is 9.87. The topological polar surface area (TPSA) is 88.2 Å². The highest BCUT2D eigenvalue weighted by Gasteiger charge is 2.55. The molecule has 2 unspecified atom stereocenters. The number of nitrogens with one attached hydrogen (secondary N) is 1. The number of nitrogens with zero attached hydrogens (tertiary/aromatic N) is 2. The first-order chi connectivity index (χ1) is 16.9. The monoisotopic (exact) mass is 477 g/mol. The van der Waals surface area contributed by atoms with Gasteiger partial charge in [-0.3, -0.25) is 9.59 Å². The first-order valence-electron chi connectivity index (χ1n) is 12.2. The van der Waals surface area contributed by atoms with Gasteiger partial charge in [-0.1, -0.05) is 43.2 Å². The minimum Gasteiger partial charge on any atom is -0.493 e. The Morgan fingerprint density at radius 3 is 2.37 bits per heavy atom. The van der Waals surface area contributed by atoms with E-state index < -0.39 is 17.6 Å². The lowest BCUT2D eigenvalue weighted by molar-refractivity contribution is -0.144. The van der Waals surface area contributed by atoms with Crippen molar-refractivity contribution in [2.75, 3.05) is 20.8 Å². The van der Waals surface area contributed by atoms with Crippen LogP contribution in [-0.4, -0.2) is 60.0 Å². The zero-order valence-corrected chi connectivity index (χ0v) is 20.4. The number of rotatable bonds is 5. The standard InChI is InChI=1S/C27H31N3O5/c1-17(30-25(32)27(28-26(30)33)12-7-8-13-27)24(31)29-14-11-19-15-21(34-2)22(35-3)16-20(19)23(29)18-9-5-4-6-10-18/h4-6,9-10,15-17,23H,7-8,11-14H2,1-3H3,(H,28,33). The Hall–Kier alpha value is -3.55. The second kappa shape index (κ2) is 8.91. The van der Waals surface area contributed by atoms with E-state index >= 15 is 0 Å². The molecule has 2 aromatic rings. The first kappa shape index (κ1) is 23.2. The zero-order chi connectivity index (χ0) is 24.7. The van der Waals surface area contributed by atoms with Crippen LogP contribution in [0.4, 0.5) is 4.79 Å². The summed E-state index contributed by atoms with van der Waals surface area (Å²) in [5, 5.41) is 2.89. The van der Waals surface area contributed by atoms with Gasteiger partial charge in [0, 0.05) is 6.54 Å². The van der Waals surface area contributed by atoms with Crippen LogP contribution in [-0.2, 0) is 16.0 Å². The second-order valence-electron chi connectivity index (χ2n) is 9.57. The molecule has 0 radical (unpaired) electrons. The van der Waals surface area contributed by atoms with Gasteiger partial charge in [-0.2, -0.15) is 0 Å². The molecule has 4 amide bonds. The predicted octanol–water partition coefficient (Wildman–Crippen LogP) is 3.43. The van der Waals surface area contributed by atoms with Crippen LogP contribution in [0.1, 0.15) is 55.3 Å². The Labute approximate surface area is 205 Å². The highest BCUT2D eigenvalue weighted by atomic mass is 16.5. The van der Waals surface area contributed by atoms with Crippen LogP contribution < -0.4 is 14.8 Å². The third-order valence-electron chi connectivity index (χ3n) is 7.67. The fourth-order valence-corrected chi connectivity index (χ4v) is 5.84. The first-order valence-corrected chi connectivity index (χ1v) is 12.2. The number of methoxy groups -OCH3 is 2. The molecular formula is C27H31N3O5. The Morgan fingerprint density at radius 2 is 1.71 bits per heavy atom. The highest BCUT2D eigenvalue weighted by molar-refractivity contribution is 6.10. The van der Waals surface area contributed by atoms with Gasteiger partial charge in [0.25, 0.3) is 5.91 Å². The molecule has 2 aliphatic heterocycles. The number of ether oxygens (including phenoxy) is 2. The SMILES string of the molecule is COc1cc2c(cc1OC)C(c1ccccc1)N(C(=O)C(C)N1C(=O)NC3(CCCC3)C1=O)CC2. The van der Waals surface area contributed by atoms with E-state index in [1.54, 1.807) is 26.0 Å². The maximum atomic E-state index is 13.9. The van der Waals surface area contributed by atoms with E-state index in [1.165, 1.54) is 0 Å². The maximum Gasteiger partial charge on any atom is 0.325 e. The van der Waals surface area contributed by atoms with Crippen LogP contribution in [0, 0.1) is 0 Å². The molecule has 0 aromatic heterocycles. The van der Waals surface area contributed by atoms with E-state index in [0.29, 0.717) is 37.3 Å². The van der Waals surface area contributed by atoms with E-state index in [1.807, 2.05) is 42.5 Å². The molecule has 184 valence electrons. The molecule has 1 aliphatic carbocycles. The number of carbonyl (C=O) groups excluding carboxylic acids is 3. The molecule has 35 heavy (non-hydrogen) atoms. The van der Waals surface area contributed by atoms with Crippen molar-refractivity contribution in [3.8, 4) is 11.5 Å². The molecule has 1 spiro atoms. The lowest BCUT2D eigenvalue weighted by Gasteiger charge is -2.40. The minimum atomic E-state index is -0.907. The summed E-state index contributed by atoms with van der Waals surface area (Å²) in [6.07, 6.45) is 3.67. The summed E-state index contributed by atoms with van der Waals surface area (Å²) in [5.74, 6) is 0.706. The van der Waals surface area contributed by atoms with Crippen molar-refractivity contribution in [3.05, 3.63) is 59.2 Å². The van der Waals surface area contributed by atoms with Gasteiger partial charge in [0.15, 0.2) is 11.5 Å². The van der Waals surface area contributed by atoms with Gasteiger partial charge in [0.2, 0.25) is 5.91 Å². The number of imide groups is 1. The number of benzene rings is 2. The Balaban J connectivity index is 1.52. The third-order valence-corrected chi connectivity index (χ3v) is 7.67. The van der Waals surface area contributed by atoms with E-state index in [4.69, 9.17) is 9.47 Å². The smallest absolute Gasteiger partial charge is 0.325 e. The maximum absolute atomic E-state index is 13.9. The lowest BCUT2D eigenvalue weighted by Crippen LogP contribution is -2.53. The fraction of sp³-hybridized carbons (Fsp3) is 0.444. The van der Waals surface area contributed by atoms with E-state index in [9.17, 15) is 14.4 Å². The minimum absolute atomic E-state index is 0.252. The van der Waals surface area contributed by atoms with Crippen molar-refractivity contribution >= 4 is 17.8 Å². The Kier molecular flexibility index (Phi) is 5.91. The summed E-state index contributed by atoms with van der Waals surface area (Å²) in [6, 6.07) is 11.9. The number of amides is 4. The molecule has 8 nitrogen and oxygen atoms in total. The summed E-state index contributed by atoms with van der Waals surface area (Å²) in [7, 11) is 3.19. The largest absolute Gasteiger partial charge is 0.493 e. The molecule has 5 rings (SSSR count). The summed E-state index contributed by atoms with van der Waals surface area (Å²) in [6.45, 7) is 2.11. The number of carbonyl (C=O) groups is 3. The van der Waals surface area contributed by atoms with Crippen molar-refractivity contribution in [1.82, 2.24) is 15.1 Å². The third kappa shape index (κ3) is 3.72. The van der Waals surface area contributed by atoms with E-state index in [-0.39, 0.29) is 17.9 Å². The quantitative estimate of drug-likeness (QED) is 0.667. The number of fused-ring (bicyclic) bond motifs is 1. The van der Waals surface area contributed by atoms with Crippen LogP contribution in [0.3, 0.4) is 0 Å².